The lowest BCUT2D eigenvalue weighted by molar-refractivity contribution is 0.599. The van der Waals surface area contributed by atoms with E-state index in [4.69, 9.17) is 4.42 Å². The monoisotopic (exact) mass is 1440 g/mol. The number of aromatic amines is 1. The number of hydrogen-bond donors (Lipinski definition) is 1. The van der Waals surface area contributed by atoms with Gasteiger partial charge < -0.3 is 9.40 Å². The van der Waals surface area contributed by atoms with Gasteiger partial charge in [-0.1, -0.05) is 376 Å². The molecule has 2 aliphatic carbocycles. The number of benzene rings is 20. The number of H-pyrrole nitrogens is 1. The molecule has 22 aromatic rings. The van der Waals surface area contributed by atoms with Crippen molar-refractivity contribution in [2.75, 3.05) is 0 Å². The largest absolute Gasteiger partial charge is 0.456 e. The number of aromatic nitrogens is 1. The summed E-state index contributed by atoms with van der Waals surface area (Å²) in [4.78, 5) is 3.94. The van der Waals surface area contributed by atoms with Gasteiger partial charge in [-0.2, -0.15) is 0 Å². The van der Waals surface area contributed by atoms with Crippen LogP contribution in [0.15, 0.2) is 417 Å². The van der Waals surface area contributed by atoms with E-state index in [2.05, 4.69) is 417 Å². The van der Waals surface area contributed by atoms with Gasteiger partial charge in [0.25, 0.3) is 0 Å². The SMILES string of the molecule is c1ccc(-c2c3c(c(-c4ccccc4)c4cc(-c5ccc(-c6c7ccccc7c(-c7ccccc7)c7ccccc67)[nH]5)ccc24)-c2cccc4cccc-3c24)cc1.c1ccc(-c2c3c(c(-c4ccccc4)c4cc(-c5ccc(-c6c7ccccc7c(-c7ccccc7)c7ccccc67)o5)ccc24)-c2cccc4cccc-3c24)cc1. The molecule has 0 fully saturated rings. The molecule has 0 amide bonds. The van der Waals surface area contributed by atoms with E-state index in [1.807, 2.05) is 0 Å². The maximum atomic E-state index is 7.02. The van der Waals surface area contributed by atoms with Crippen molar-refractivity contribution >= 4 is 86.2 Å². The summed E-state index contributed by atoms with van der Waals surface area (Å²) >= 11 is 0. The van der Waals surface area contributed by atoms with Crippen molar-refractivity contribution in [1.29, 1.82) is 0 Å². The fraction of sp³-hybridized carbons (Fsp3) is 0. The summed E-state index contributed by atoms with van der Waals surface area (Å²) in [5.41, 5.74) is 32.2. The number of rotatable bonds is 10. The van der Waals surface area contributed by atoms with Gasteiger partial charge in [0.1, 0.15) is 11.5 Å². The van der Waals surface area contributed by atoms with Gasteiger partial charge in [0.05, 0.1) is 0 Å². The van der Waals surface area contributed by atoms with Crippen LogP contribution in [0.3, 0.4) is 0 Å². The van der Waals surface area contributed by atoms with Crippen LogP contribution in [0.1, 0.15) is 0 Å². The molecule has 2 nitrogen and oxygen atoms in total. The van der Waals surface area contributed by atoms with Crippen LogP contribution in [0.5, 0.6) is 0 Å². The molecular formula is C112H69NO. The highest BCUT2D eigenvalue weighted by molar-refractivity contribution is 6.31. The summed E-state index contributed by atoms with van der Waals surface area (Å²) in [7, 11) is 0. The zero-order valence-electron chi connectivity index (χ0n) is 62.2. The fourth-order valence-corrected chi connectivity index (χ4v) is 19.5. The van der Waals surface area contributed by atoms with Gasteiger partial charge in [0.15, 0.2) is 0 Å². The second-order valence-corrected chi connectivity index (χ2v) is 30.3. The Morgan fingerprint density at radius 1 is 0.149 bits per heavy atom. The van der Waals surface area contributed by atoms with Crippen LogP contribution < -0.4 is 0 Å². The van der Waals surface area contributed by atoms with Crippen molar-refractivity contribution in [2.24, 2.45) is 0 Å². The first-order chi connectivity index (χ1) is 56.6. The third-order valence-electron chi connectivity index (χ3n) is 24.1. The molecular weight excluding hydrogens is 1380 g/mol. The highest BCUT2D eigenvalue weighted by Gasteiger charge is 2.34. The maximum Gasteiger partial charge on any atom is 0.136 e. The van der Waals surface area contributed by atoms with E-state index in [1.54, 1.807) is 0 Å². The van der Waals surface area contributed by atoms with E-state index in [0.717, 1.165) is 39.6 Å². The van der Waals surface area contributed by atoms with E-state index in [9.17, 15) is 0 Å². The van der Waals surface area contributed by atoms with E-state index in [1.165, 1.54) is 203 Å². The zero-order chi connectivity index (χ0) is 74.9. The minimum atomic E-state index is 0.846. The molecule has 2 heteroatoms. The summed E-state index contributed by atoms with van der Waals surface area (Å²) in [6, 6.07) is 151. The molecule has 2 heterocycles. The normalized spacial score (nSPS) is 11.9. The van der Waals surface area contributed by atoms with Crippen LogP contribution in [0, 0.1) is 0 Å². The lowest BCUT2D eigenvalue weighted by Gasteiger charge is -2.21. The zero-order valence-corrected chi connectivity index (χ0v) is 62.2. The molecule has 528 valence electrons. The van der Waals surface area contributed by atoms with Crippen LogP contribution in [0.4, 0.5) is 0 Å². The third-order valence-corrected chi connectivity index (χ3v) is 24.1. The predicted octanol–water partition coefficient (Wildman–Crippen LogP) is 31.5. The van der Waals surface area contributed by atoms with Gasteiger partial charge in [-0.3, -0.25) is 0 Å². The average Bonchev–Trinajstić information content (AvgIpc) is 1.54. The maximum absolute atomic E-state index is 7.02. The van der Waals surface area contributed by atoms with Crippen molar-refractivity contribution in [3.63, 3.8) is 0 Å². The van der Waals surface area contributed by atoms with Gasteiger partial charge in [0, 0.05) is 28.1 Å². The Bertz CT molecular complexity index is 7080. The molecule has 2 aromatic heterocycles. The Labute approximate surface area is 660 Å². The van der Waals surface area contributed by atoms with Crippen LogP contribution in [-0.2, 0) is 0 Å². The fourth-order valence-electron chi connectivity index (χ4n) is 19.5. The molecule has 114 heavy (non-hydrogen) atoms. The van der Waals surface area contributed by atoms with Gasteiger partial charge in [-0.05, 0) is 239 Å². The second kappa shape index (κ2) is 26.4. The first-order valence-electron chi connectivity index (χ1n) is 39.5. The van der Waals surface area contributed by atoms with Crippen molar-refractivity contribution in [3.05, 3.63) is 413 Å². The molecule has 24 rings (SSSR count). The Kier molecular flexibility index (Phi) is 15.0. The third kappa shape index (κ3) is 10.1. The first kappa shape index (κ1) is 65.0. The average molecular weight is 1440 g/mol. The minimum absolute atomic E-state index is 0.846. The number of nitrogens with one attached hydrogen (secondary N) is 1. The Morgan fingerprint density at radius 3 is 0.781 bits per heavy atom. The molecule has 0 radical (unpaired) electrons. The van der Waals surface area contributed by atoms with Crippen molar-refractivity contribution in [2.45, 2.75) is 0 Å². The quantitative estimate of drug-likeness (QED) is 0.136. The Hall–Kier alpha value is -15.0. The molecule has 20 aromatic carbocycles. The summed E-state index contributed by atoms with van der Waals surface area (Å²) in [6.07, 6.45) is 0. The number of fused-ring (bicyclic) bond motifs is 12. The van der Waals surface area contributed by atoms with Crippen LogP contribution >= 0.6 is 0 Å². The van der Waals surface area contributed by atoms with E-state index >= 15 is 0 Å². The first-order valence-corrected chi connectivity index (χ1v) is 39.5. The lowest BCUT2D eigenvalue weighted by atomic mass is 9.82. The van der Waals surface area contributed by atoms with Crippen LogP contribution in [0.25, 0.3) is 243 Å². The van der Waals surface area contributed by atoms with Crippen molar-refractivity contribution in [1.82, 2.24) is 4.98 Å². The predicted molar refractivity (Wildman–Crippen MR) is 483 cm³/mol. The summed E-state index contributed by atoms with van der Waals surface area (Å²) in [5, 5.41) is 19.9. The molecule has 1 N–H and O–H groups in total. The van der Waals surface area contributed by atoms with E-state index in [0.29, 0.717) is 0 Å². The molecule has 0 bridgehead atoms. The minimum Gasteiger partial charge on any atom is -0.456 e. The van der Waals surface area contributed by atoms with Gasteiger partial charge in [-0.25, -0.2) is 0 Å². The van der Waals surface area contributed by atoms with Crippen molar-refractivity contribution in [3.8, 4) is 156 Å². The Morgan fingerprint density at radius 2 is 0.421 bits per heavy atom. The smallest absolute Gasteiger partial charge is 0.136 e. The molecule has 0 atom stereocenters. The topological polar surface area (TPSA) is 28.9 Å². The van der Waals surface area contributed by atoms with Crippen molar-refractivity contribution < 1.29 is 4.42 Å². The Balaban J connectivity index is 0.000000135. The molecule has 0 unspecified atom stereocenters. The summed E-state index contributed by atoms with van der Waals surface area (Å²) in [6.45, 7) is 0. The number of furan rings is 1. The second-order valence-electron chi connectivity index (χ2n) is 30.3. The van der Waals surface area contributed by atoms with Crippen LogP contribution in [0.2, 0.25) is 0 Å². The van der Waals surface area contributed by atoms with Gasteiger partial charge in [0.2, 0.25) is 0 Å². The summed E-state index contributed by atoms with van der Waals surface area (Å²) in [5.74, 6) is 1.71. The van der Waals surface area contributed by atoms with E-state index < -0.39 is 0 Å². The molecule has 0 aliphatic heterocycles. The molecule has 2 aliphatic rings. The standard InChI is InChI=1S/C56H35N.C56H34O/c2*1-4-16-35(17-5-1)50-40-24-10-12-26-42(40)54(43-27-13-11-25-41(43)50)49-33-32-48(57-49)39-30-31-44-47(34-39)53(38-20-8-3-9-21-38)56-46-29-15-23-36-22-14-28-45(51(36)46)55(56)52(44)37-18-6-2-7-19-37/h1-34,57H;1-34H. The summed E-state index contributed by atoms with van der Waals surface area (Å²) < 4.78 is 7.02. The molecule has 0 saturated carbocycles. The highest BCUT2D eigenvalue weighted by Crippen LogP contribution is 2.61. The van der Waals surface area contributed by atoms with Crippen LogP contribution in [-0.4, -0.2) is 4.98 Å². The molecule has 0 spiro atoms. The number of hydrogen-bond acceptors (Lipinski definition) is 1. The molecule has 0 saturated heterocycles. The highest BCUT2D eigenvalue weighted by atomic mass is 16.3. The lowest BCUT2D eigenvalue weighted by Crippen LogP contribution is -1.94. The van der Waals surface area contributed by atoms with E-state index in [-0.39, 0.29) is 0 Å². The van der Waals surface area contributed by atoms with Gasteiger partial charge in [-0.15, -0.1) is 0 Å². The van der Waals surface area contributed by atoms with Gasteiger partial charge >= 0.3 is 0 Å².